The molecule has 1 fully saturated rings. The lowest BCUT2D eigenvalue weighted by Crippen LogP contribution is -2.27. The Morgan fingerprint density at radius 3 is 2.62 bits per heavy atom. The molecule has 6 heteroatoms. The van der Waals surface area contributed by atoms with Crippen LogP contribution in [0.1, 0.15) is 11.4 Å². The van der Waals surface area contributed by atoms with Gasteiger partial charge in [0.05, 0.1) is 12.4 Å². The van der Waals surface area contributed by atoms with Crippen LogP contribution in [0.15, 0.2) is 6.07 Å². The van der Waals surface area contributed by atoms with Gasteiger partial charge in [0.1, 0.15) is 6.10 Å². The van der Waals surface area contributed by atoms with Gasteiger partial charge in [-0.25, -0.2) is 19.7 Å². The van der Waals surface area contributed by atoms with Crippen molar-refractivity contribution in [3.63, 3.8) is 0 Å². The average Bonchev–Trinajstić information content (AvgIpc) is 2.58. The van der Waals surface area contributed by atoms with Crippen molar-refractivity contribution in [1.82, 2.24) is 9.97 Å². The number of aryl methyl sites for hydroxylation is 2. The summed E-state index contributed by atoms with van der Waals surface area (Å²) in [7, 11) is 0. The van der Waals surface area contributed by atoms with Crippen molar-refractivity contribution < 1.29 is 9.53 Å². The topological polar surface area (TPSA) is 55.3 Å². The molecule has 0 aliphatic carbocycles. The normalized spacial score (nSPS) is 20.1. The van der Waals surface area contributed by atoms with Gasteiger partial charge in [-0.15, -0.1) is 11.6 Å². The summed E-state index contributed by atoms with van der Waals surface area (Å²) in [5.74, 6) is 0.669. The van der Waals surface area contributed by atoms with Crippen LogP contribution < -0.4 is 4.90 Å². The fourth-order valence-corrected chi connectivity index (χ4v) is 1.75. The molecule has 0 aromatic carbocycles. The molecule has 0 bridgehead atoms. The van der Waals surface area contributed by atoms with Crippen LogP contribution in [0.4, 0.5) is 10.7 Å². The van der Waals surface area contributed by atoms with E-state index in [4.69, 9.17) is 16.3 Å². The lowest BCUT2D eigenvalue weighted by Gasteiger charge is -2.11. The van der Waals surface area contributed by atoms with Gasteiger partial charge in [0, 0.05) is 11.4 Å². The molecule has 0 spiro atoms. The molecule has 0 saturated carbocycles. The number of anilines is 1. The van der Waals surface area contributed by atoms with Gasteiger partial charge in [0.25, 0.3) is 0 Å². The number of rotatable bonds is 2. The molecule has 1 amide bonds. The first kappa shape index (κ1) is 11.1. The van der Waals surface area contributed by atoms with Crippen LogP contribution >= 0.6 is 11.6 Å². The molecule has 0 radical (unpaired) electrons. The number of halogens is 1. The smallest absolute Gasteiger partial charge is 0.417 e. The fraction of sp³-hybridized carbons (Fsp3) is 0.500. The number of hydrogen-bond acceptors (Lipinski definition) is 4. The molecule has 86 valence electrons. The van der Waals surface area contributed by atoms with Crippen LogP contribution in [0.3, 0.4) is 0 Å². The molecule has 1 aliphatic heterocycles. The van der Waals surface area contributed by atoms with E-state index >= 15 is 0 Å². The van der Waals surface area contributed by atoms with Crippen molar-refractivity contribution in [3.8, 4) is 0 Å². The number of carbonyl (C=O) groups is 1. The van der Waals surface area contributed by atoms with E-state index in [-0.39, 0.29) is 12.0 Å². The lowest BCUT2D eigenvalue weighted by atomic mass is 10.3. The maximum Gasteiger partial charge on any atom is 0.417 e. The van der Waals surface area contributed by atoms with Crippen molar-refractivity contribution in [3.05, 3.63) is 17.5 Å². The molecular weight excluding hydrogens is 230 g/mol. The highest BCUT2D eigenvalue weighted by Crippen LogP contribution is 2.19. The lowest BCUT2D eigenvalue weighted by molar-refractivity contribution is 0.151. The Hall–Kier alpha value is -1.36. The molecule has 1 aromatic heterocycles. The highest BCUT2D eigenvalue weighted by molar-refractivity contribution is 6.18. The number of ether oxygens (including phenoxy) is 1. The SMILES string of the molecule is Cc1cc(C)nc(N2C[C@@H](CCl)OC2=O)n1. The Kier molecular flexibility index (Phi) is 2.96. The zero-order valence-electron chi connectivity index (χ0n) is 9.11. The van der Waals surface area contributed by atoms with Gasteiger partial charge in [-0.2, -0.15) is 0 Å². The van der Waals surface area contributed by atoms with Crippen molar-refractivity contribution in [1.29, 1.82) is 0 Å². The minimum Gasteiger partial charge on any atom is -0.443 e. The summed E-state index contributed by atoms with van der Waals surface area (Å²) in [5, 5.41) is 0. The van der Waals surface area contributed by atoms with E-state index in [0.717, 1.165) is 11.4 Å². The summed E-state index contributed by atoms with van der Waals surface area (Å²) >= 11 is 5.64. The zero-order valence-corrected chi connectivity index (χ0v) is 9.86. The number of hydrogen-bond donors (Lipinski definition) is 0. The molecule has 0 unspecified atom stereocenters. The Bertz CT molecular complexity index is 404. The highest BCUT2D eigenvalue weighted by atomic mass is 35.5. The van der Waals surface area contributed by atoms with Crippen molar-refractivity contribution in [2.24, 2.45) is 0 Å². The van der Waals surface area contributed by atoms with E-state index in [1.165, 1.54) is 4.90 Å². The number of nitrogens with zero attached hydrogens (tertiary/aromatic N) is 3. The summed E-state index contributed by atoms with van der Waals surface area (Å²) < 4.78 is 5.03. The monoisotopic (exact) mass is 241 g/mol. The molecule has 5 nitrogen and oxygen atoms in total. The van der Waals surface area contributed by atoms with Gasteiger partial charge in [-0.3, -0.25) is 0 Å². The Balaban J connectivity index is 2.27. The Morgan fingerprint density at radius 2 is 2.12 bits per heavy atom. The number of alkyl halides is 1. The Labute approximate surface area is 98.4 Å². The van der Waals surface area contributed by atoms with E-state index in [0.29, 0.717) is 12.5 Å². The number of aromatic nitrogens is 2. The van der Waals surface area contributed by atoms with Gasteiger partial charge in [-0.1, -0.05) is 0 Å². The minimum atomic E-state index is -0.435. The molecule has 1 aromatic rings. The largest absolute Gasteiger partial charge is 0.443 e. The fourth-order valence-electron chi connectivity index (χ4n) is 1.59. The molecule has 1 saturated heterocycles. The molecule has 2 rings (SSSR count). The summed E-state index contributed by atoms with van der Waals surface area (Å²) in [5.41, 5.74) is 1.65. The van der Waals surface area contributed by atoms with E-state index in [9.17, 15) is 4.79 Å². The first-order chi connectivity index (χ1) is 7.60. The van der Waals surface area contributed by atoms with Crippen molar-refractivity contribution >= 4 is 23.6 Å². The van der Waals surface area contributed by atoms with Crippen molar-refractivity contribution in [2.75, 3.05) is 17.3 Å². The predicted octanol–water partition coefficient (Wildman–Crippen LogP) is 1.66. The number of cyclic esters (lactones) is 1. The second-order valence-electron chi connectivity index (χ2n) is 3.72. The van der Waals surface area contributed by atoms with E-state index in [1.807, 2.05) is 19.9 Å². The van der Waals surface area contributed by atoms with Crippen molar-refractivity contribution in [2.45, 2.75) is 20.0 Å². The molecule has 1 aliphatic rings. The van der Waals surface area contributed by atoms with Gasteiger partial charge >= 0.3 is 6.09 Å². The maximum atomic E-state index is 11.5. The van der Waals surface area contributed by atoms with E-state index < -0.39 is 6.09 Å². The third-order valence-corrected chi connectivity index (χ3v) is 2.60. The average molecular weight is 242 g/mol. The van der Waals surface area contributed by atoms with Crippen LogP contribution in [0.2, 0.25) is 0 Å². The molecular formula is C10H12ClN3O2. The van der Waals surface area contributed by atoms with E-state index in [2.05, 4.69) is 9.97 Å². The third-order valence-electron chi connectivity index (χ3n) is 2.26. The highest BCUT2D eigenvalue weighted by Gasteiger charge is 2.33. The molecule has 0 N–H and O–H groups in total. The summed E-state index contributed by atoms with van der Waals surface area (Å²) in [6.45, 7) is 4.13. The zero-order chi connectivity index (χ0) is 11.7. The maximum absolute atomic E-state index is 11.5. The third kappa shape index (κ3) is 2.09. The van der Waals surface area contributed by atoms with Crippen LogP contribution in [0, 0.1) is 13.8 Å². The second-order valence-corrected chi connectivity index (χ2v) is 4.03. The molecule has 2 heterocycles. The summed E-state index contributed by atoms with van der Waals surface area (Å²) in [6, 6.07) is 1.85. The predicted molar refractivity (Wildman–Crippen MR) is 59.8 cm³/mol. The van der Waals surface area contributed by atoms with Crippen LogP contribution in [0.5, 0.6) is 0 Å². The molecule has 1 atom stereocenters. The van der Waals surface area contributed by atoms with Crippen LogP contribution in [-0.2, 0) is 4.74 Å². The second kappa shape index (κ2) is 4.25. The quantitative estimate of drug-likeness (QED) is 0.739. The van der Waals surface area contributed by atoms with Gasteiger partial charge in [0.15, 0.2) is 0 Å². The van der Waals surface area contributed by atoms with Crippen LogP contribution in [0.25, 0.3) is 0 Å². The van der Waals surface area contributed by atoms with Gasteiger partial charge in [0.2, 0.25) is 5.95 Å². The number of carbonyl (C=O) groups excluding carboxylic acids is 1. The standard InChI is InChI=1S/C10H12ClN3O2/c1-6-3-7(2)13-9(12-6)14-5-8(4-11)16-10(14)15/h3,8H,4-5H2,1-2H3/t8-/m1/s1. The summed E-state index contributed by atoms with van der Waals surface area (Å²) in [6.07, 6.45) is -0.714. The number of amides is 1. The molecule has 16 heavy (non-hydrogen) atoms. The Morgan fingerprint density at radius 1 is 1.50 bits per heavy atom. The minimum absolute atomic E-state index is 0.279. The van der Waals surface area contributed by atoms with E-state index in [1.54, 1.807) is 0 Å². The summed E-state index contributed by atoms with van der Waals surface area (Å²) in [4.78, 5) is 21.4. The van der Waals surface area contributed by atoms with Gasteiger partial charge < -0.3 is 4.74 Å². The van der Waals surface area contributed by atoms with Gasteiger partial charge in [-0.05, 0) is 19.9 Å². The first-order valence-corrected chi connectivity index (χ1v) is 5.50. The first-order valence-electron chi connectivity index (χ1n) is 4.96. The van der Waals surface area contributed by atoms with Crippen LogP contribution in [-0.4, -0.2) is 34.6 Å².